The predicted molar refractivity (Wildman–Crippen MR) is 160 cm³/mol. The first kappa shape index (κ1) is 29.2. The second-order valence-corrected chi connectivity index (χ2v) is 7.98. The highest BCUT2D eigenvalue weighted by Gasteiger charge is 2.07. The van der Waals surface area contributed by atoms with Gasteiger partial charge in [0.25, 0.3) is 0 Å². The molecule has 1 heteroatoms. The zero-order chi connectivity index (χ0) is 25.6. The Balaban J connectivity index is 0.000000224. The SMILES string of the molecule is C.C1#Cc2ccccc2CCc2ccccc21.C1#Cc2ncccc2CCc2ccccc21.CC.CC. The molecule has 0 saturated heterocycles. The van der Waals surface area contributed by atoms with Gasteiger partial charge in [-0.25, -0.2) is 4.98 Å². The zero-order valence-corrected chi connectivity index (χ0v) is 21.9. The van der Waals surface area contributed by atoms with Crippen LogP contribution in [0.15, 0.2) is 91.1 Å². The summed E-state index contributed by atoms with van der Waals surface area (Å²) in [5.74, 6) is 12.9. The van der Waals surface area contributed by atoms with E-state index in [1.54, 1.807) is 6.20 Å². The molecule has 0 atom stereocenters. The lowest BCUT2D eigenvalue weighted by Crippen LogP contribution is -2.01. The van der Waals surface area contributed by atoms with Gasteiger partial charge in [-0.2, -0.15) is 0 Å². The van der Waals surface area contributed by atoms with E-state index in [1.807, 2.05) is 39.8 Å². The molecule has 2 aliphatic rings. The molecule has 0 unspecified atom stereocenters. The van der Waals surface area contributed by atoms with Crippen LogP contribution in [0.4, 0.5) is 0 Å². The van der Waals surface area contributed by atoms with Crippen molar-refractivity contribution in [3.05, 3.63) is 136 Å². The molecule has 4 aromatic rings. The third-order valence-electron chi connectivity index (χ3n) is 5.92. The van der Waals surface area contributed by atoms with E-state index in [0.29, 0.717) is 0 Å². The van der Waals surface area contributed by atoms with E-state index in [1.165, 1.54) is 33.4 Å². The Kier molecular flexibility index (Phi) is 12.5. The highest BCUT2D eigenvalue weighted by molar-refractivity contribution is 5.51. The van der Waals surface area contributed by atoms with Crippen LogP contribution in [0.2, 0.25) is 0 Å². The minimum Gasteiger partial charge on any atom is -0.247 e. The molecule has 0 fully saturated rings. The monoisotopic (exact) mass is 485 g/mol. The van der Waals surface area contributed by atoms with Crippen molar-refractivity contribution >= 4 is 0 Å². The lowest BCUT2D eigenvalue weighted by molar-refractivity contribution is 0.937. The Hall–Kier alpha value is -4.07. The van der Waals surface area contributed by atoms with E-state index in [9.17, 15) is 0 Å². The van der Waals surface area contributed by atoms with Crippen molar-refractivity contribution in [3.63, 3.8) is 0 Å². The molecule has 1 aromatic heterocycles. The maximum absolute atomic E-state index is 4.32. The van der Waals surface area contributed by atoms with E-state index in [0.717, 1.165) is 36.9 Å². The Labute approximate surface area is 225 Å². The molecule has 6 rings (SSSR count). The molecule has 1 nitrogen and oxygen atoms in total. The summed E-state index contributed by atoms with van der Waals surface area (Å²) in [6, 6.07) is 29.3. The standard InChI is InChI=1S/C16H12.C15H11N.2C2H6.CH4/c1-2-6-14-11-12-16-8-4-3-7-15(16)10-9-13(14)5-1;1-2-5-13-9-10-15-14(6-3-11-16-15)8-7-12(13)4-1;2*1-2;/h1-8H,9-10H2;1-6,11H,7-8H2;2*1-2H3;1H4. The Morgan fingerprint density at radius 1 is 0.459 bits per heavy atom. The van der Waals surface area contributed by atoms with Crippen LogP contribution in [-0.4, -0.2) is 4.98 Å². The van der Waals surface area contributed by atoms with Gasteiger partial charge in [0.15, 0.2) is 0 Å². The van der Waals surface area contributed by atoms with E-state index in [-0.39, 0.29) is 7.43 Å². The van der Waals surface area contributed by atoms with Gasteiger partial charge in [0.05, 0.1) is 0 Å². The first-order chi connectivity index (χ1) is 17.9. The normalized spacial score (nSPS) is 11.1. The van der Waals surface area contributed by atoms with E-state index < -0.39 is 0 Å². The molecule has 188 valence electrons. The summed E-state index contributed by atoms with van der Waals surface area (Å²) in [6.45, 7) is 8.00. The number of aryl methyl sites for hydroxylation is 4. The number of nitrogens with zero attached hydrogens (tertiary/aromatic N) is 1. The summed E-state index contributed by atoms with van der Waals surface area (Å²) in [4.78, 5) is 4.32. The Bertz CT molecular complexity index is 1180. The first-order valence-electron chi connectivity index (χ1n) is 13.1. The summed E-state index contributed by atoms with van der Waals surface area (Å²) in [5, 5.41) is 0. The van der Waals surface area contributed by atoms with Gasteiger partial charge in [0.2, 0.25) is 0 Å². The van der Waals surface area contributed by atoms with Crippen molar-refractivity contribution in [1.29, 1.82) is 0 Å². The minimum atomic E-state index is 0. The van der Waals surface area contributed by atoms with Gasteiger partial charge in [-0.15, -0.1) is 0 Å². The number of fused-ring (bicyclic) bond motifs is 4. The summed E-state index contributed by atoms with van der Waals surface area (Å²) in [5.41, 5.74) is 9.74. The predicted octanol–water partition coefficient (Wildman–Crippen LogP) is 8.45. The second-order valence-electron chi connectivity index (χ2n) is 7.98. The van der Waals surface area contributed by atoms with Crippen molar-refractivity contribution in [2.45, 2.75) is 60.8 Å². The maximum Gasteiger partial charge on any atom is 0.116 e. The fourth-order valence-electron chi connectivity index (χ4n) is 4.13. The highest BCUT2D eigenvalue weighted by Crippen LogP contribution is 2.18. The van der Waals surface area contributed by atoms with Crippen molar-refractivity contribution in [3.8, 4) is 23.7 Å². The van der Waals surface area contributed by atoms with Gasteiger partial charge >= 0.3 is 0 Å². The average molecular weight is 486 g/mol. The largest absolute Gasteiger partial charge is 0.247 e. The molecule has 0 spiro atoms. The van der Waals surface area contributed by atoms with Crippen molar-refractivity contribution in [2.24, 2.45) is 0 Å². The van der Waals surface area contributed by atoms with Crippen molar-refractivity contribution < 1.29 is 0 Å². The van der Waals surface area contributed by atoms with E-state index in [4.69, 9.17) is 0 Å². The Morgan fingerprint density at radius 3 is 1.27 bits per heavy atom. The second kappa shape index (κ2) is 15.8. The van der Waals surface area contributed by atoms with Crippen molar-refractivity contribution in [2.75, 3.05) is 0 Å². The summed E-state index contributed by atoms with van der Waals surface area (Å²) >= 11 is 0. The van der Waals surface area contributed by atoms with Gasteiger partial charge in [-0.1, -0.05) is 114 Å². The molecular formula is C36H39N. The average Bonchev–Trinajstić information content (AvgIpc) is 2.94. The maximum atomic E-state index is 4.32. The minimum absolute atomic E-state index is 0. The van der Waals surface area contributed by atoms with Gasteiger partial charge < -0.3 is 0 Å². The topological polar surface area (TPSA) is 12.9 Å². The molecule has 2 aliphatic carbocycles. The van der Waals surface area contributed by atoms with Gasteiger partial charge in [0.1, 0.15) is 5.69 Å². The van der Waals surface area contributed by atoms with Gasteiger partial charge in [-0.05, 0) is 78.1 Å². The zero-order valence-electron chi connectivity index (χ0n) is 21.9. The third kappa shape index (κ3) is 7.96. The van der Waals surface area contributed by atoms with Gasteiger partial charge in [-0.3, -0.25) is 0 Å². The number of pyridine rings is 1. The number of rotatable bonds is 0. The van der Waals surface area contributed by atoms with Crippen LogP contribution in [0.1, 0.15) is 79.8 Å². The van der Waals surface area contributed by atoms with Gasteiger partial charge in [0, 0.05) is 22.9 Å². The molecule has 37 heavy (non-hydrogen) atoms. The van der Waals surface area contributed by atoms with Crippen LogP contribution in [0.25, 0.3) is 0 Å². The smallest absolute Gasteiger partial charge is 0.116 e. The van der Waals surface area contributed by atoms with Crippen LogP contribution in [0.3, 0.4) is 0 Å². The van der Waals surface area contributed by atoms with Crippen LogP contribution < -0.4 is 0 Å². The van der Waals surface area contributed by atoms with Crippen LogP contribution in [0, 0.1) is 23.7 Å². The molecule has 0 N–H and O–H groups in total. The summed E-state index contributed by atoms with van der Waals surface area (Å²) in [6.07, 6.45) is 6.04. The van der Waals surface area contributed by atoms with Crippen LogP contribution >= 0.6 is 0 Å². The quantitative estimate of drug-likeness (QED) is 0.228. The molecule has 0 saturated carbocycles. The van der Waals surface area contributed by atoms with Crippen LogP contribution in [-0.2, 0) is 25.7 Å². The van der Waals surface area contributed by atoms with Crippen molar-refractivity contribution in [1.82, 2.24) is 4.98 Å². The third-order valence-corrected chi connectivity index (χ3v) is 5.92. The highest BCUT2D eigenvalue weighted by atomic mass is 14.7. The molecule has 1 heterocycles. The van der Waals surface area contributed by atoms with E-state index >= 15 is 0 Å². The molecule has 0 amide bonds. The number of aromatic nitrogens is 1. The number of hydrogen-bond acceptors (Lipinski definition) is 1. The first-order valence-corrected chi connectivity index (χ1v) is 13.1. The fraction of sp³-hybridized carbons (Fsp3) is 0.250. The van der Waals surface area contributed by atoms with Crippen LogP contribution in [0.5, 0.6) is 0 Å². The Morgan fingerprint density at radius 2 is 0.811 bits per heavy atom. The lowest BCUT2D eigenvalue weighted by atomic mass is 9.95. The fourth-order valence-corrected chi connectivity index (χ4v) is 4.13. The van der Waals surface area contributed by atoms with E-state index in [2.05, 4.69) is 101 Å². The lowest BCUT2D eigenvalue weighted by Gasteiger charge is -2.09. The number of hydrogen-bond donors (Lipinski definition) is 0. The molecule has 0 radical (unpaired) electrons. The molecule has 0 aliphatic heterocycles. The summed E-state index contributed by atoms with van der Waals surface area (Å²) < 4.78 is 0. The molecule has 3 aromatic carbocycles. The molecule has 0 bridgehead atoms. The summed E-state index contributed by atoms with van der Waals surface area (Å²) in [7, 11) is 0. The molecular weight excluding hydrogens is 446 g/mol. The number of benzene rings is 3.